The van der Waals surface area contributed by atoms with Crippen molar-refractivity contribution < 1.29 is 9.53 Å². The summed E-state index contributed by atoms with van der Waals surface area (Å²) in [4.78, 5) is 12.4. The fourth-order valence-corrected chi connectivity index (χ4v) is 4.83. The van der Waals surface area contributed by atoms with Gasteiger partial charge in [0.2, 0.25) is 0 Å². The second kappa shape index (κ2) is 18.0. The van der Waals surface area contributed by atoms with Crippen LogP contribution in [0.2, 0.25) is 0 Å². The Balaban J connectivity index is 1.92. The highest BCUT2D eigenvalue weighted by Gasteiger charge is 2.36. The third kappa shape index (κ3) is 13.0. The van der Waals surface area contributed by atoms with E-state index in [0.717, 1.165) is 38.8 Å². The maximum absolute atomic E-state index is 12.4. The van der Waals surface area contributed by atoms with Gasteiger partial charge in [0.1, 0.15) is 5.60 Å². The molecule has 1 unspecified atom stereocenters. The second-order valence-corrected chi connectivity index (χ2v) is 9.86. The first-order valence-electron chi connectivity index (χ1n) is 13.5. The van der Waals surface area contributed by atoms with E-state index in [9.17, 15) is 4.79 Å². The summed E-state index contributed by atoms with van der Waals surface area (Å²) in [5, 5.41) is 3.41. The minimum atomic E-state index is -0.269. The lowest BCUT2D eigenvalue weighted by Crippen LogP contribution is -2.44. The highest BCUT2D eigenvalue weighted by Crippen LogP contribution is 2.32. The van der Waals surface area contributed by atoms with Crippen LogP contribution in [-0.4, -0.2) is 24.7 Å². The van der Waals surface area contributed by atoms with Crippen LogP contribution in [0.15, 0.2) is 0 Å². The Morgan fingerprint density at radius 3 is 1.63 bits per heavy atom. The van der Waals surface area contributed by atoms with E-state index in [-0.39, 0.29) is 11.6 Å². The summed E-state index contributed by atoms with van der Waals surface area (Å²) in [6, 6.07) is 0. The molecule has 0 aromatic rings. The van der Waals surface area contributed by atoms with Gasteiger partial charge in [-0.25, -0.2) is 0 Å². The van der Waals surface area contributed by atoms with E-state index in [0.29, 0.717) is 12.3 Å². The third-order valence-corrected chi connectivity index (χ3v) is 7.24. The van der Waals surface area contributed by atoms with Gasteiger partial charge < -0.3 is 10.1 Å². The van der Waals surface area contributed by atoms with Crippen LogP contribution in [0, 0.1) is 5.92 Å². The van der Waals surface area contributed by atoms with Crippen molar-refractivity contribution in [2.45, 2.75) is 148 Å². The second-order valence-electron chi connectivity index (χ2n) is 9.86. The maximum Gasteiger partial charge on any atom is 0.306 e. The van der Waals surface area contributed by atoms with E-state index in [1.807, 2.05) is 0 Å². The van der Waals surface area contributed by atoms with E-state index in [4.69, 9.17) is 4.74 Å². The molecular weight excluding hydrogens is 370 g/mol. The Kier molecular flexibility index (Phi) is 16.5. The Bertz CT molecular complexity index is 406. The van der Waals surface area contributed by atoms with Gasteiger partial charge in [-0.2, -0.15) is 0 Å². The molecule has 0 aliphatic carbocycles. The predicted octanol–water partition coefficient (Wildman–Crippen LogP) is 7.96. The molecule has 1 heterocycles. The number of esters is 1. The maximum atomic E-state index is 12.4. The number of hydrogen-bond acceptors (Lipinski definition) is 3. The molecule has 1 fully saturated rings. The normalized spacial score (nSPS) is 17.0. The molecule has 0 bridgehead atoms. The van der Waals surface area contributed by atoms with E-state index >= 15 is 0 Å². The number of carbonyl (C=O) groups is 1. The third-order valence-electron chi connectivity index (χ3n) is 7.24. The van der Waals surface area contributed by atoms with Crippen molar-refractivity contribution in [3.8, 4) is 0 Å². The van der Waals surface area contributed by atoms with E-state index in [2.05, 4.69) is 26.1 Å². The molecule has 0 radical (unpaired) electrons. The first-order chi connectivity index (χ1) is 14.6. The number of hydrogen-bond donors (Lipinski definition) is 1. The van der Waals surface area contributed by atoms with Gasteiger partial charge in [0.15, 0.2) is 0 Å². The van der Waals surface area contributed by atoms with Crippen molar-refractivity contribution in [3.05, 3.63) is 0 Å². The summed E-state index contributed by atoms with van der Waals surface area (Å²) in [6.07, 6.45) is 24.1. The molecule has 0 saturated carbocycles. The topological polar surface area (TPSA) is 38.3 Å². The van der Waals surface area contributed by atoms with E-state index in [1.165, 1.54) is 89.9 Å². The summed E-state index contributed by atoms with van der Waals surface area (Å²) >= 11 is 0. The number of piperidine rings is 1. The van der Waals surface area contributed by atoms with Gasteiger partial charge in [-0.1, -0.05) is 104 Å². The van der Waals surface area contributed by atoms with Crippen LogP contribution in [0.3, 0.4) is 0 Å². The van der Waals surface area contributed by atoms with Gasteiger partial charge in [0, 0.05) is 12.3 Å². The standard InChI is InChI=1S/C27H53NO2/c1-4-6-7-8-9-10-11-12-13-14-15-16-17-18-19-20-26(29)30-27(3,5-2)25-21-23-28-24-22-25/h25,28H,4-24H2,1-3H3. The zero-order chi connectivity index (χ0) is 21.9. The molecular formula is C27H53NO2. The minimum absolute atomic E-state index is 0.0209. The molecule has 0 amide bonds. The molecule has 1 aliphatic heterocycles. The molecule has 30 heavy (non-hydrogen) atoms. The van der Waals surface area contributed by atoms with Crippen LogP contribution >= 0.6 is 0 Å². The summed E-state index contributed by atoms with van der Waals surface area (Å²) in [7, 11) is 0. The molecule has 0 aromatic heterocycles. The Labute approximate surface area is 188 Å². The average Bonchev–Trinajstić information content (AvgIpc) is 2.77. The lowest BCUT2D eigenvalue weighted by Gasteiger charge is -2.39. The molecule has 3 heteroatoms. The first-order valence-corrected chi connectivity index (χ1v) is 13.5. The lowest BCUT2D eigenvalue weighted by molar-refractivity contribution is -0.166. The minimum Gasteiger partial charge on any atom is -0.459 e. The number of ether oxygens (including phenoxy) is 1. The molecule has 1 atom stereocenters. The molecule has 0 spiro atoms. The van der Waals surface area contributed by atoms with Gasteiger partial charge in [-0.05, 0) is 45.7 Å². The Morgan fingerprint density at radius 2 is 1.20 bits per heavy atom. The number of carbonyl (C=O) groups excluding carboxylic acids is 1. The van der Waals surface area contributed by atoms with E-state index in [1.54, 1.807) is 0 Å². The van der Waals surface area contributed by atoms with Gasteiger partial charge in [0.05, 0.1) is 0 Å². The van der Waals surface area contributed by atoms with Gasteiger partial charge in [-0.15, -0.1) is 0 Å². The molecule has 178 valence electrons. The summed E-state index contributed by atoms with van der Waals surface area (Å²) in [5.74, 6) is 0.529. The highest BCUT2D eigenvalue weighted by atomic mass is 16.6. The highest BCUT2D eigenvalue weighted by molar-refractivity contribution is 5.69. The van der Waals surface area contributed by atoms with E-state index < -0.39 is 0 Å². The largest absolute Gasteiger partial charge is 0.459 e. The number of nitrogens with one attached hydrogen (secondary N) is 1. The molecule has 1 rings (SSSR count). The lowest BCUT2D eigenvalue weighted by atomic mass is 9.80. The van der Waals surface area contributed by atoms with Gasteiger partial charge in [0.25, 0.3) is 0 Å². The molecule has 1 N–H and O–H groups in total. The zero-order valence-corrected chi connectivity index (χ0v) is 20.7. The van der Waals surface area contributed by atoms with Crippen LogP contribution < -0.4 is 5.32 Å². The Morgan fingerprint density at radius 1 is 0.767 bits per heavy atom. The van der Waals surface area contributed by atoms with Crippen molar-refractivity contribution in [1.29, 1.82) is 0 Å². The van der Waals surface area contributed by atoms with Crippen LogP contribution in [0.25, 0.3) is 0 Å². The van der Waals surface area contributed by atoms with Crippen molar-refractivity contribution in [1.82, 2.24) is 5.32 Å². The fraction of sp³-hybridized carbons (Fsp3) is 0.963. The van der Waals surface area contributed by atoms with Crippen molar-refractivity contribution in [2.24, 2.45) is 5.92 Å². The van der Waals surface area contributed by atoms with Crippen LogP contribution in [0.4, 0.5) is 0 Å². The van der Waals surface area contributed by atoms with Crippen LogP contribution in [0.5, 0.6) is 0 Å². The number of rotatable bonds is 19. The SMILES string of the molecule is CCCCCCCCCCCCCCCCCC(=O)OC(C)(CC)C1CCNCC1. The van der Waals surface area contributed by atoms with Crippen molar-refractivity contribution in [2.75, 3.05) is 13.1 Å². The summed E-state index contributed by atoms with van der Waals surface area (Å²) in [6.45, 7) is 8.69. The van der Waals surface area contributed by atoms with Crippen LogP contribution in [-0.2, 0) is 9.53 Å². The first kappa shape index (κ1) is 27.5. The summed E-state index contributed by atoms with van der Waals surface area (Å²) < 4.78 is 5.98. The summed E-state index contributed by atoms with van der Waals surface area (Å²) in [5.41, 5.74) is -0.269. The monoisotopic (exact) mass is 423 g/mol. The fourth-order valence-electron chi connectivity index (χ4n) is 4.83. The van der Waals surface area contributed by atoms with Gasteiger partial charge in [-0.3, -0.25) is 4.79 Å². The Hall–Kier alpha value is -0.570. The molecule has 0 aromatic carbocycles. The predicted molar refractivity (Wildman–Crippen MR) is 130 cm³/mol. The van der Waals surface area contributed by atoms with Crippen LogP contribution in [0.1, 0.15) is 143 Å². The zero-order valence-electron chi connectivity index (χ0n) is 20.7. The van der Waals surface area contributed by atoms with Gasteiger partial charge >= 0.3 is 5.97 Å². The molecule has 1 aliphatic rings. The molecule has 1 saturated heterocycles. The molecule has 3 nitrogen and oxygen atoms in total. The smallest absolute Gasteiger partial charge is 0.306 e. The van der Waals surface area contributed by atoms with Crippen molar-refractivity contribution in [3.63, 3.8) is 0 Å². The quantitative estimate of drug-likeness (QED) is 0.169. The van der Waals surface area contributed by atoms with Crippen molar-refractivity contribution >= 4 is 5.97 Å². The number of unbranched alkanes of at least 4 members (excludes halogenated alkanes) is 14. The average molecular weight is 424 g/mol.